The van der Waals surface area contributed by atoms with E-state index < -0.39 is 17.8 Å². The number of carbonyl (C=O) groups is 3. The van der Waals surface area contributed by atoms with Crippen LogP contribution in [0.25, 0.3) is 0 Å². The topological polar surface area (TPSA) is 63.7 Å². The van der Waals surface area contributed by atoms with Gasteiger partial charge in [0.1, 0.15) is 0 Å². The average Bonchev–Trinajstić information content (AvgIpc) is 2.38. The Kier molecular flexibility index (Phi) is 16.6. The summed E-state index contributed by atoms with van der Waals surface area (Å²) in [5, 5.41) is 0.467. The molecule has 1 unspecified atom stereocenters. The minimum absolute atomic E-state index is 0.323. The lowest BCUT2D eigenvalue weighted by Crippen LogP contribution is -2.37. The van der Waals surface area contributed by atoms with E-state index in [1.54, 1.807) is 6.92 Å². The second-order valence-corrected chi connectivity index (χ2v) is 3.05. The molecule has 2 amide bonds. The molecule has 0 bridgehead atoms. The van der Waals surface area contributed by atoms with Gasteiger partial charge in [0.25, 0.3) is 11.8 Å². The van der Waals surface area contributed by atoms with E-state index in [1.807, 2.05) is 34.6 Å². The molecule has 18 heavy (non-hydrogen) atoms. The van der Waals surface area contributed by atoms with Crippen LogP contribution in [0.1, 0.15) is 61.8 Å². The van der Waals surface area contributed by atoms with E-state index in [-0.39, 0.29) is 5.92 Å². The summed E-state index contributed by atoms with van der Waals surface area (Å²) in [5.74, 6) is -2.10. The fourth-order valence-corrected chi connectivity index (χ4v) is 0.697. The highest BCUT2D eigenvalue weighted by atomic mass is 16.7. The molecule has 0 aromatic rings. The van der Waals surface area contributed by atoms with E-state index in [9.17, 15) is 14.4 Å². The molecule has 5 heteroatoms. The van der Waals surface area contributed by atoms with Crippen LogP contribution in [0.2, 0.25) is 0 Å². The van der Waals surface area contributed by atoms with Crippen LogP contribution in [-0.4, -0.2) is 22.8 Å². The van der Waals surface area contributed by atoms with Gasteiger partial charge in [-0.1, -0.05) is 41.5 Å². The third-order valence-electron chi connectivity index (χ3n) is 1.77. The largest absolute Gasteiger partial charge is 0.335 e. The van der Waals surface area contributed by atoms with E-state index in [1.165, 1.54) is 0 Å². The van der Waals surface area contributed by atoms with Crippen molar-refractivity contribution in [1.82, 2.24) is 5.06 Å². The fraction of sp³-hybridized carbons (Fsp3) is 0.769. The van der Waals surface area contributed by atoms with Crippen molar-refractivity contribution in [2.24, 2.45) is 5.92 Å². The van der Waals surface area contributed by atoms with Gasteiger partial charge >= 0.3 is 5.97 Å². The molecular weight excluding hydrogens is 234 g/mol. The molecule has 5 nitrogen and oxygen atoms in total. The lowest BCUT2D eigenvalue weighted by molar-refractivity contribution is -0.203. The summed E-state index contributed by atoms with van der Waals surface area (Å²) in [6, 6.07) is 0. The number of imide groups is 1. The van der Waals surface area contributed by atoms with Crippen molar-refractivity contribution in [2.45, 2.75) is 61.8 Å². The predicted octanol–water partition coefficient (Wildman–Crippen LogP) is 2.94. The van der Waals surface area contributed by atoms with Gasteiger partial charge in [0.05, 0.1) is 5.92 Å². The Morgan fingerprint density at radius 3 is 1.56 bits per heavy atom. The second kappa shape index (κ2) is 13.7. The molecule has 108 valence electrons. The summed E-state index contributed by atoms with van der Waals surface area (Å²) in [7, 11) is 0. The molecule has 0 radical (unpaired) electrons. The molecule has 0 aliphatic carbocycles. The zero-order chi connectivity index (χ0) is 15.3. The maximum atomic E-state index is 11.2. The van der Waals surface area contributed by atoms with E-state index in [2.05, 4.69) is 4.84 Å². The molecule has 0 N–H and O–H groups in total. The van der Waals surface area contributed by atoms with Crippen molar-refractivity contribution in [3.05, 3.63) is 0 Å². The molecule has 0 heterocycles. The number of nitrogens with zero attached hydrogens (tertiary/aromatic N) is 1. The highest BCUT2D eigenvalue weighted by molar-refractivity contribution is 5.93. The average molecular weight is 261 g/mol. The van der Waals surface area contributed by atoms with Crippen molar-refractivity contribution in [1.29, 1.82) is 0 Å². The molecular formula is C13H27NO4. The van der Waals surface area contributed by atoms with Crippen LogP contribution >= 0.6 is 0 Å². The molecule has 0 aromatic heterocycles. The lowest BCUT2D eigenvalue weighted by atomic mass is 10.1. The van der Waals surface area contributed by atoms with Crippen molar-refractivity contribution < 1.29 is 19.2 Å². The predicted molar refractivity (Wildman–Crippen MR) is 71.4 cm³/mol. The Labute approximate surface area is 110 Å². The molecule has 0 saturated carbocycles. The number of amides is 2. The first-order valence-electron chi connectivity index (χ1n) is 6.43. The second-order valence-electron chi connectivity index (χ2n) is 3.05. The van der Waals surface area contributed by atoms with Crippen LogP contribution in [0.15, 0.2) is 0 Å². The van der Waals surface area contributed by atoms with Gasteiger partial charge in [-0.3, -0.25) is 9.59 Å². The summed E-state index contributed by atoms with van der Waals surface area (Å²) >= 11 is 0. The van der Waals surface area contributed by atoms with Gasteiger partial charge in [0.15, 0.2) is 0 Å². The standard InChI is InChI=1S/C9H15NO4.2C2H6/c1-5-6(2)9(13)14-10(7(3)11)8(4)12;2*1-2/h6H,5H2,1-4H3;2*1-2H3. The van der Waals surface area contributed by atoms with Crippen LogP contribution in [0.4, 0.5) is 0 Å². The summed E-state index contributed by atoms with van der Waals surface area (Å²) in [6.45, 7) is 13.8. The Balaban J connectivity index is -0.000000506. The van der Waals surface area contributed by atoms with E-state index in [4.69, 9.17) is 0 Å². The number of hydrogen-bond acceptors (Lipinski definition) is 4. The molecule has 0 spiro atoms. The van der Waals surface area contributed by atoms with Crippen LogP contribution < -0.4 is 0 Å². The lowest BCUT2D eigenvalue weighted by Gasteiger charge is -2.17. The summed E-state index contributed by atoms with van der Waals surface area (Å²) in [5.41, 5.74) is 0. The minimum atomic E-state index is -0.603. The first-order valence-corrected chi connectivity index (χ1v) is 6.43. The molecule has 1 atom stereocenters. The highest BCUT2D eigenvalue weighted by Crippen LogP contribution is 2.05. The van der Waals surface area contributed by atoms with Crippen molar-refractivity contribution in [2.75, 3.05) is 0 Å². The number of hydroxylamine groups is 2. The fourth-order valence-electron chi connectivity index (χ4n) is 0.697. The monoisotopic (exact) mass is 261 g/mol. The maximum absolute atomic E-state index is 11.2. The summed E-state index contributed by atoms with van der Waals surface area (Å²) in [6.07, 6.45) is 0.600. The van der Waals surface area contributed by atoms with Gasteiger partial charge < -0.3 is 4.84 Å². The SMILES string of the molecule is CC.CC.CCC(C)C(=O)ON(C(C)=O)C(C)=O. The summed E-state index contributed by atoms with van der Waals surface area (Å²) in [4.78, 5) is 37.6. The first kappa shape index (κ1) is 21.9. The van der Waals surface area contributed by atoms with Gasteiger partial charge in [0.2, 0.25) is 0 Å². The molecule has 0 saturated heterocycles. The maximum Gasteiger partial charge on any atom is 0.335 e. The molecule has 0 aliphatic rings. The Morgan fingerprint density at radius 1 is 1.00 bits per heavy atom. The number of hydrogen-bond donors (Lipinski definition) is 0. The quantitative estimate of drug-likeness (QED) is 0.717. The molecule has 0 aromatic carbocycles. The Morgan fingerprint density at radius 2 is 1.33 bits per heavy atom. The van der Waals surface area contributed by atoms with Gasteiger partial charge in [-0.05, 0) is 6.42 Å². The van der Waals surface area contributed by atoms with Gasteiger partial charge in [-0.2, -0.15) is 0 Å². The van der Waals surface area contributed by atoms with Crippen molar-refractivity contribution in [3.63, 3.8) is 0 Å². The number of rotatable bonds is 2. The third-order valence-corrected chi connectivity index (χ3v) is 1.77. The number of carbonyl (C=O) groups excluding carboxylic acids is 3. The van der Waals surface area contributed by atoms with Crippen LogP contribution in [0, 0.1) is 5.92 Å². The highest BCUT2D eigenvalue weighted by Gasteiger charge is 2.22. The van der Waals surface area contributed by atoms with E-state index in [0.29, 0.717) is 11.5 Å². The van der Waals surface area contributed by atoms with Gasteiger partial charge in [-0.15, -0.1) is 5.06 Å². The van der Waals surface area contributed by atoms with Gasteiger partial charge in [-0.25, -0.2) is 4.79 Å². The van der Waals surface area contributed by atoms with Crippen LogP contribution in [0.5, 0.6) is 0 Å². The normalized spacial score (nSPS) is 9.78. The van der Waals surface area contributed by atoms with Crippen LogP contribution in [0.3, 0.4) is 0 Å². The van der Waals surface area contributed by atoms with Crippen molar-refractivity contribution in [3.8, 4) is 0 Å². The summed E-state index contributed by atoms with van der Waals surface area (Å²) < 4.78 is 0. The third kappa shape index (κ3) is 9.81. The smallest absolute Gasteiger partial charge is 0.330 e. The first-order chi connectivity index (χ1) is 8.40. The zero-order valence-electron chi connectivity index (χ0n) is 12.9. The zero-order valence-corrected chi connectivity index (χ0v) is 12.9. The molecule has 0 rings (SSSR count). The van der Waals surface area contributed by atoms with Gasteiger partial charge in [0, 0.05) is 13.8 Å². The van der Waals surface area contributed by atoms with E-state index in [0.717, 1.165) is 13.8 Å². The minimum Gasteiger partial charge on any atom is -0.330 e. The van der Waals surface area contributed by atoms with Crippen LogP contribution in [-0.2, 0) is 19.2 Å². The molecule has 0 aliphatic heterocycles. The molecule has 0 fully saturated rings. The Bertz CT molecular complexity index is 237. The Hall–Kier alpha value is -1.39. The van der Waals surface area contributed by atoms with Crippen molar-refractivity contribution >= 4 is 17.8 Å². The van der Waals surface area contributed by atoms with E-state index >= 15 is 0 Å².